The van der Waals surface area contributed by atoms with Crippen LogP contribution in [0.1, 0.15) is 13.3 Å². The summed E-state index contributed by atoms with van der Waals surface area (Å²) < 4.78 is 34.5. The Hall–Kier alpha value is -3.64. The van der Waals surface area contributed by atoms with Crippen LogP contribution in [-0.4, -0.2) is 37.4 Å². The van der Waals surface area contributed by atoms with E-state index in [2.05, 4.69) is 25.3 Å². The van der Waals surface area contributed by atoms with Crippen LogP contribution in [0, 0.1) is 0 Å². The van der Waals surface area contributed by atoms with Crippen LogP contribution in [-0.2, 0) is 14.8 Å². The molecule has 0 saturated heterocycles. The van der Waals surface area contributed by atoms with E-state index in [9.17, 15) is 13.2 Å². The first-order valence-electron chi connectivity index (χ1n) is 11.3. The molecule has 0 saturated carbocycles. The van der Waals surface area contributed by atoms with E-state index in [0.717, 1.165) is 0 Å². The average molecular weight is 577 g/mol. The van der Waals surface area contributed by atoms with Gasteiger partial charge in [0, 0.05) is 11.8 Å². The van der Waals surface area contributed by atoms with Gasteiger partial charge in [-0.3, -0.25) is 9.52 Å². The molecule has 38 heavy (non-hydrogen) atoms. The molecule has 0 aliphatic carbocycles. The van der Waals surface area contributed by atoms with Gasteiger partial charge in [0.25, 0.3) is 10.0 Å². The molecule has 1 amide bonds. The Kier molecular flexibility index (Phi) is 9.34. The zero-order valence-corrected chi connectivity index (χ0v) is 22.8. The van der Waals surface area contributed by atoms with E-state index in [-0.39, 0.29) is 28.9 Å². The lowest BCUT2D eigenvalue weighted by molar-refractivity contribution is -0.117. The maximum Gasteiger partial charge on any atom is 0.263 e. The highest BCUT2D eigenvalue weighted by molar-refractivity contribution is 7.92. The fourth-order valence-corrected chi connectivity index (χ4v) is 4.58. The highest BCUT2D eigenvalue weighted by Crippen LogP contribution is 2.33. The molecule has 0 radical (unpaired) electrons. The number of hydrogen-bond acceptors (Lipinski definition) is 8. The van der Waals surface area contributed by atoms with Crippen molar-refractivity contribution in [3.05, 3.63) is 71.8 Å². The number of carbonyl (C=O) groups is 1. The van der Waals surface area contributed by atoms with Gasteiger partial charge in [-0.2, -0.15) is 0 Å². The molecule has 1 heterocycles. The number of methoxy groups -OCH3 is 1. The molecule has 0 aliphatic heterocycles. The van der Waals surface area contributed by atoms with Crippen molar-refractivity contribution in [1.29, 1.82) is 0 Å². The second-order valence-electron chi connectivity index (χ2n) is 8.02. The number of benzene rings is 3. The number of carbonyl (C=O) groups excluding carboxylic acids is 1. The molecule has 200 valence electrons. The van der Waals surface area contributed by atoms with Crippen molar-refractivity contribution in [3.63, 3.8) is 0 Å². The molecule has 4 aromatic rings. The van der Waals surface area contributed by atoms with Crippen LogP contribution in [0.3, 0.4) is 0 Å². The zero-order chi connectivity index (χ0) is 26.6. The number of halogens is 2. The van der Waals surface area contributed by atoms with E-state index in [0.29, 0.717) is 39.6 Å². The molecule has 4 rings (SSSR count). The van der Waals surface area contributed by atoms with E-state index in [4.69, 9.17) is 22.1 Å². The smallest absolute Gasteiger partial charge is 0.263 e. The Morgan fingerprint density at radius 2 is 1.71 bits per heavy atom. The molecule has 1 atom stereocenters. The van der Waals surface area contributed by atoms with Gasteiger partial charge in [-0.25, -0.2) is 18.4 Å². The predicted molar refractivity (Wildman–Crippen MR) is 152 cm³/mol. The van der Waals surface area contributed by atoms with Crippen LogP contribution < -0.4 is 25.8 Å². The van der Waals surface area contributed by atoms with Gasteiger partial charge in [-0.1, -0.05) is 36.7 Å². The van der Waals surface area contributed by atoms with Gasteiger partial charge in [0.1, 0.15) is 5.75 Å². The lowest BCUT2D eigenvalue weighted by Crippen LogP contribution is -2.34. The summed E-state index contributed by atoms with van der Waals surface area (Å²) in [7, 11) is -2.61. The molecule has 0 unspecified atom stereocenters. The second kappa shape index (κ2) is 12.3. The summed E-state index contributed by atoms with van der Waals surface area (Å²) in [4.78, 5) is 21.1. The van der Waals surface area contributed by atoms with Gasteiger partial charge < -0.3 is 21.1 Å². The first kappa shape index (κ1) is 28.9. The molecule has 0 fully saturated rings. The number of amides is 1. The Morgan fingerprint density at radius 1 is 1.03 bits per heavy atom. The van der Waals surface area contributed by atoms with Gasteiger partial charge in [0.15, 0.2) is 11.6 Å². The lowest BCUT2D eigenvalue weighted by atomic mass is 10.2. The summed E-state index contributed by atoms with van der Waals surface area (Å²) in [6, 6.07) is 17.2. The molecule has 13 heteroatoms. The maximum atomic E-state index is 13.3. The maximum absolute atomic E-state index is 13.3. The molecule has 0 bridgehead atoms. The number of aromatic nitrogens is 2. The minimum absolute atomic E-state index is 0. The number of ether oxygens (including phenoxy) is 1. The third kappa shape index (κ3) is 6.62. The van der Waals surface area contributed by atoms with Crippen molar-refractivity contribution < 1.29 is 17.9 Å². The van der Waals surface area contributed by atoms with Crippen LogP contribution in [0.2, 0.25) is 5.02 Å². The molecular weight excluding hydrogens is 551 g/mol. The Labute approximate surface area is 231 Å². The van der Waals surface area contributed by atoms with Gasteiger partial charge >= 0.3 is 0 Å². The van der Waals surface area contributed by atoms with Gasteiger partial charge in [-0.15, -0.1) is 12.4 Å². The van der Waals surface area contributed by atoms with Crippen LogP contribution in [0.15, 0.2) is 71.6 Å². The number of fused-ring (bicyclic) bond motifs is 1. The van der Waals surface area contributed by atoms with Crippen molar-refractivity contribution >= 4 is 74.0 Å². The molecule has 0 aliphatic rings. The standard InChI is InChI=1S/C25H25ClN6O4S.ClH/c1-3-19(27)25(33)28-15-7-6-8-17(13-15)37(34,35)32-24-23(29-20-9-4-5-10-21(20)30-24)31-22-14-16(36-2)11-12-18(22)26;/h4-14,19H,3,27H2,1-2H3,(H,28,33)(H,29,31)(H,30,32);1H/t19-;/m0./s1. The summed E-state index contributed by atoms with van der Waals surface area (Å²) in [5.41, 5.74) is 7.53. The van der Waals surface area contributed by atoms with Crippen molar-refractivity contribution in [2.24, 2.45) is 5.73 Å². The monoisotopic (exact) mass is 576 g/mol. The van der Waals surface area contributed by atoms with E-state index in [1.165, 1.54) is 25.3 Å². The SMILES string of the molecule is CC[C@H](N)C(=O)Nc1cccc(S(=O)(=O)Nc2nc3ccccc3nc2Nc2cc(OC)ccc2Cl)c1.Cl. The summed E-state index contributed by atoms with van der Waals surface area (Å²) >= 11 is 6.35. The topological polar surface area (TPSA) is 148 Å². The van der Waals surface area contributed by atoms with Crippen LogP contribution in [0.4, 0.5) is 23.0 Å². The van der Waals surface area contributed by atoms with Crippen LogP contribution in [0.25, 0.3) is 11.0 Å². The molecule has 10 nitrogen and oxygen atoms in total. The minimum atomic E-state index is -4.14. The first-order valence-corrected chi connectivity index (χ1v) is 13.1. The average Bonchev–Trinajstić information content (AvgIpc) is 2.89. The van der Waals surface area contributed by atoms with E-state index in [1.807, 2.05) is 0 Å². The number of nitrogens with zero attached hydrogens (tertiary/aromatic N) is 2. The normalized spacial score (nSPS) is 11.8. The summed E-state index contributed by atoms with van der Waals surface area (Å²) in [6.07, 6.45) is 0.444. The third-order valence-corrected chi connectivity index (χ3v) is 7.08. The van der Waals surface area contributed by atoms with E-state index >= 15 is 0 Å². The molecule has 5 N–H and O–H groups in total. The third-order valence-electron chi connectivity index (χ3n) is 5.42. The number of nitrogens with two attached hydrogens (primary N) is 1. The van der Waals surface area contributed by atoms with Crippen LogP contribution in [0.5, 0.6) is 5.75 Å². The number of para-hydroxylation sites is 2. The number of nitrogens with one attached hydrogen (secondary N) is 3. The fraction of sp³-hybridized carbons (Fsp3) is 0.160. The zero-order valence-electron chi connectivity index (χ0n) is 20.4. The summed E-state index contributed by atoms with van der Waals surface area (Å²) in [5, 5.41) is 6.06. The van der Waals surface area contributed by atoms with E-state index in [1.54, 1.807) is 55.5 Å². The second-order valence-corrected chi connectivity index (χ2v) is 10.1. The van der Waals surface area contributed by atoms with Crippen molar-refractivity contribution in [1.82, 2.24) is 9.97 Å². The van der Waals surface area contributed by atoms with Gasteiger partial charge in [-0.05, 0) is 48.9 Å². The van der Waals surface area contributed by atoms with Gasteiger partial charge in [0.05, 0.1) is 39.8 Å². The molecular formula is C25H26Cl2N6O4S. The molecule has 3 aromatic carbocycles. The first-order chi connectivity index (χ1) is 17.7. The fourth-order valence-electron chi connectivity index (χ4n) is 3.36. The number of anilines is 4. The van der Waals surface area contributed by atoms with Crippen molar-refractivity contribution in [2.45, 2.75) is 24.3 Å². The highest BCUT2D eigenvalue weighted by atomic mass is 35.5. The summed E-state index contributed by atoms with van der Waals surface area (Å²) in [6.45, 7) is 1.78. The Morgan fingerprint density at radius 3 is 2.37 bits per heavy atom. The number of rotatable bonds is 9. The van der Waals surface area contributed by atoms with Crippen molar-refractivity contribution in [2.75, 3.05) is 22.5 Å². The van der Waals surface area contributed by atoms with Gasteiger partial charge in [0.2, 0.25) is 5.91 Å². The molecule has 0 spiro atoms. The van der Waals surface area contributed by atoms with Crippen LogP contribution >= 0.6 is 24.0 Å². The quantitative estimate of drug-likeness (QED) is 0.219. The lowest BCUT2D eigenvalue weighted by Gasteiger charge is -2.16. The number of sulfonamides is 1. The predicted octanol–water partition coefficient (Wildman–Crippen LogP) is 4.93. The largest absolute Gasteiger partial charge is 0.497 e. The highest BCUT2D eigenvalue weighted by Gasteiger charge is 2.21. The van der Waals surface area contributed by atoms with Crippen molar-refractivity contribution in [3.8, 4) is 5.75 Å². The Bertz CT molecular complexity index is 1570. The minimum Gasteiger partial charge on any atom is -0.497 e. The van der Waals surface area contributed by atoms with E-state index < -0.39 is 22.0 Å². The number of hydrogen-bond donors (Lipinski definition) is 4. The summed E-state index contributed by atoms with van der Waals surface area (Å²) in [5.74, 6) is 0.229. The molecule has 1 aromatic heterocycles. The Balaban J connectivity index is 0.00000400.